The Hall–Kier alpha value is -3.21. The van der Waals surface area contributed by atoms with Crippen molar-refractivity contribution in [1.29, 1.82) is 0 Å². The van der Waals surface area contributed by atoms with E-state index in [9.17, 15) is 9.90 Å². The lowest BCUT2D eigenvalue weighted by Crippen LogP contribution is -2.47. The number of hydrogen-bond donors (Lipinski definition) is 3. The van der Waals surface area contributed by atoms with Crippen molar-refractivity contribution in [2.24, 2.45) is 0 Å². The van der Waals surface area contributed by atoms with Crippen LogP contribution in [0.3, 0.4) is 0 Å². The van der Waals surface area contributed by atoms with Gasteiger partial charge in [0.2, 0.25) is 0 Å². The SMILES string of the molecule is C=C(O)CN1CCN(c2cc(Nc3ncc(C(=O)Nc4c(C)cccc4Cl)s3)nc(C)n2)CC1. The number of piperazine rings is 1. The normalized spacial score (nSPS) is 14.1. The van der Waals surface area contributed by atoms with Crippen LogP contribution in [0.5, 0.6) is 0 Å². The van der Waals surface area contributed by atoms with E-state index in [4.69, 9.17) is 11.6 Å². The molecule has 0 bridgehead atoms. The summed E-state index contributed by atoms with van der Waals surface area (Å²) in [5.41, 5.74) is 1.48. The van der Waals surface area contributed by atoms with Gasteiger partial charge in [0.15, 0.2) is 5.13 Å². The fourth-order valence-corrected chi connectivity index (χ4v) is 4.67. The first-order valence-corrected chi connectivity index (χ1v) is 12.0. The molecule has 0 aliphatic carbocycles. The predicted molar refractivity (Wildman–Crippen MR) is 137 cm³/mol. The topological polar surface area (TPSA) is 107 Å². The Labute approximate surface area is 207 Å². The van der Waals surface area contributed by atoms with Crippen LogP contribution in [0.25, 0.3) is 0 Å². The number of carbonyl (C=O) groups is 1. The van der Waals surface area contributed by atoms with Crippen molar-refractivity contribution in [2.75, 3.05) is 48.3 Å². The van der Waals surface area contributed by atoms with Gasteiger partial charge in [0.1, 0.15) is 22.3 Å². The van der Waals surface area contributed by atoms with E-state index in [0.717, 1.165) is 37.6 Å². The largest absolute Gasteiger partial charge is 0.512 e. The Bertz CT molecular complexity index is 1190. The van der Waals surface area contributed by atoms with Crippen molar-refractivity contribution in [2.45, 2.75) is 13.8 Å². The number of aromatic nitrogens is 3. The zero-order valence-electron chi connectivity index (χ0n) is 19.0. The Balaban J connectivity index is 1.42. The van der Waals surface area contributed by atoms with Gasteiger partial charge in [-0.25, -0.2) is 15.0 Å². The maximum absolute atomic E-state index is 12.7. The number of rotatable bonds is 7. The molecular formula is C23H26ClN7O2S. The smallest absolute Gasteiger partial charge is 0.267 e. The summed E-state index contributed by atoms with van der Waals surface area (Å²) in [6, 6.07) is 7.34. The number of aliphatic hydroxyl groups is 1. The second-order valence-electron chi connectivity index (χ2n) is 8.03. The molecule has 0 radical (unpaired) electrons. The van der Waals surface area contributed by atoms with Crippen molar-refractivity contribution in [3.05, 3.63) is 64.1 Å². The third-order valence-corrected chi connectivity index (χ3v) is 6.58. The van der Waals surface area contributed by atoms with E-state index in [0.29, 0.717) is 38.9 Å². The molecule has 3 N–H and O–H groups in total. The van der Waals surface area contributed by atoms with E-state index in [-0.39, 0.29) is 11.7 Å². The van der Waals surface area contributed by atoms with Crippen LogP contribution in [0.15, 0.2) is 42.8 Å². The zero-order valence-corrected chi connectivity index (χ0v) is 20.6. The molecule has 11 heteroatoms. The Morgan fingerprint density at radius 1 is 1.24 bits per heavy atom. The number of aliphatic hydroxyl groups excluding tert-OH is 1. The monoisotopic (exact) mass is 499 g/mol. The van der Waals surface area contributed by atoms with Gasteiger partial charge in [-0.1, -0.05) is 41.6 Å². The van der Waals surface area contributed by atoms with Gasteiger partial charge in [0, 0.05) is 32.2 Å². The molecule has 1 aliphatic rings. The van der Waals surface area contributed by atoms with Crippen molar-refractivity contribution >= 4 is 51.3 Å². The summed E-state index contributed by atoms with van der Waals surface area (Å²) in [5, 5.41) is 16.5. The van der Waals surface area contributed by atoms with Crippen LogP contribution < -0.4 is 15.5 Å². The number of para-hydroxylation sites is 1. The summed E-state index contributed by atoms with van der Waals surface area (Å²) < 4.78 is 0. The number of halogens is 1. The van der Waals surface area contributed by atoms with Crippen molar-refractivity contribution in [3.63, 3.8) is 0 Å². The summed E-state index contributed by atoms with van der Waals surface area (Å²) in [7, 11) is 0. The van der Waals surface area contributed by atoms with Crippen molar-refractivity contribution < 1.29 is 9.90 Å². The molecule has 9 nitrogen and oxygen atoms in total. The van der Waals surface area contributed by atoms with Gasteiger partial charge >= 0.3 is 0 Å². The lowest BCUT2D eigenvalue weighted by atomic mass is 10.2. The van der Waals surface area contributed by atoms with Crippen LogP contribution >= 0.6 is 22.9 Å². The molecule has 178 valence electrons. The zero-order chi connectivity index (χ0) is 24.2. The average molecular weight is 500 g/mol. The van der Waals surface area contributed by atoms with Crippen LogP contribution in [0.2, 0.25) is 5.02 Å². The van der Waals surface area contributed by atoms with E-state index < -0.39 is 0 Å². The highest BCUT2D eigenvalue weighted by atomic mass is 35.5. The van der Waals surface area contributed by atoms with Gasteiger partial charge in [-0.2, -0.15) is 0 Å². The molecule has 0 spiro atoms. The van der Waals surface area contributed by atoms with Gasteiger partial charge < -0.3 is 20.6 Å². The van der Waals surface area contributed by atoms with E-state index in [1.165, 1.54) is 17.5 Å². The first-order valence-electron chi connectivity index (χ1n) is 10.8. The number of carbonyl (C=O) groups excluding carboxylic acids is 1. The molecule has 1 aromatic carbocycles. The van der Waals surface area contributed by atoms with E-state index in [2.05, 4.69) is 42.0 Å². The third-order valence-electron chi connectivity index (χ3n) is 5.35. The quantitative estimate of drug-likeness (QED) is 0.411. The lowest BCUT2D eigenvalue weighted by molar-refractivity contribution is 0.103. The average Bonchev–Trinajstić information content (AvgIpc) is 3.24. The van der Waals surface area contributed by atoms with E-state index in [1.54, 1.807) is 6.07 Å². The molecule has 34 heavy (non-hydrogen) atoms. The fourth-order valence-electron chi connectivity index (χ4n) is 3.68. The number of hydrogen-bond acceptors (Lipinski definition) is 9. The molecule has 4 rings (SSSR count). The molecule has 1 amide bonds. The molecule has 0 saturated carbocycles. The number of thiazole rings is 1. The summed E-state index contributed by atoms with van der Waals surface area (Å²) in [6.07, 6.45) is 1.53. The van der Waals surface area contributed by atoms with Crippen LogP contribution in [0, 0.1) is 13.8 Å². The molecule has 0 unspecified atom stereocenters. The minimum absolute atomic E-state index is 0.177. The van der Waals surface area contributed by atoms with Crippen LogP contribution in [0.1, 0.15) is 21.1 Å². The molecule has 1 aliphatic heterocycles. The molecule has 3 heterocycles. The summed E-state index contributed by atoms with van der Waals surface area (Å²) >= 11 is 7.45. The second-order valence-corrected chi connectivity index (χ2v) is 9.47. The minimum Gasteiger partial charge on any atom is -0.512 e. The molecule has 0 atom stereocenters. The number of aryl methyl sites for hydroxylation is 2. The van der Waals surface area contributed by atoms with Crippen molar-refractivity contribution in [3.8, 4) is 0 Å². The predicted octanol–water partition coefficient (Wildman–Crippen LogP) is 4.39. The van der Waals surface area contributed by atoms with Crippen LogP contribution in [0.4, 0.5) is 22.5 Å². The highest BCUT2D eigenvalue weighted by Crippen LogP contribution is 2.28. The fraction of sp³-hybridized carbons (Fsp3) is 0.304. The van der Waals surface area contributed by atoms with Gasteiger partial charge in [-0.3, -0.25) is 9.69 Å². The highest BCUT2D eigenvalue weighted by Gasteiger charge is 2.20. The third kappa shape index (κ3) is 5.82. The molecule has 3 aromatic rings. The number of nitrogens with one attached hydrogen (secondary N) is 2. The molecular weight excluding hydrogens is 474 g/mol. The Morgan fingerprint density at radius 3 is 2.71 bits per heavy atom. The maximum Gasteiger partial charge on any atom is 0.267 e. The number of nitrogens with zero attached hydrogens (tertiary/aromatic N) is 5. The highest BCUT2D eigenvalue weighted by molar-refractivity contribution is 7.17. The molecule has 1 fully saturated rings. The van der Waals surface area contributed by atoms with Crippen LogP contribution in [-0.4, -0.2) is 63.6 Å². The van der Waals surface area contributed by atoms with Gasteiger partial charge in [-0.15, -0.1) is 0 Å². The van der Waals surface area contributed by atoms with Crippen LogP contribution in [-0.2, 0) is 0 Å². The molecule has 2 aromatic heterocycles. The van der Waals surface area contributed by atoms with Gasteiger partial charge in [0.25, 0.3) is 5.91 Å². The van der Waals surface area contributed by atoms with Gasteiger partial charge in [-0.05, 0) is 25.5 Å². The molecule has 1 saturated heterocycles. The van der Waals surface area contributed by atoms with E-state index >= 15 is 0 Å². The van der Waals surface area contributed by atoms with E-state index in [1.807, 2.05) is 32.0 Å². The first kappa shape index (κ1) is 23.9. The first-order chi connectivity index (χ1) is 16.3. The number of amides is 1. The second kappa shape index (κ2) is 10.4. The Morgan fingerprint density at radius 2 is 2.00 bits per heavy atom. The van der Waals surface area contributed by atoms with Crippen molar-refractivity contribution in [1.82, 2.24) is 19.9 Å². The number of anilines is 4. The van der Waals surface area contributed by atoms with Gasteiger partial charge in [0.05, 0.1) is 29.2 Å². The standard InChI is InChI=1S/C23H26ClN7O2S/c1-14-5-4-6-17(24)21(14)29-22(33)18-12-25-23(34-18)28-19-11-20(27-16(3)26-19)31-9-7-30(8-10-31)13-15(2)32/h4-6,11-12,32H,2,7-10,13H2,1,3H3,(H,29,33)(H,25,26,27,28). The summed E-state index contributed by atoms with van der Waals surface area (Å²) in [5.74, 6) is 1.97. The summed E-state index contributed by atoms with van der Waals surface area (Å²) in [4.78, 5) is 30.9. The maximum atomic E-state index is 12.7. The lowest BCUT2D eigenvalue weighted by Gasteiger charge is -2.35. The Kier molecular flexibility index (Phi) is 7.30. The minimum atomic E-state index is -0.273. The number of benzene rings is 1. The summed E-state index contributed by atoms with van der Waals surface area (Å²) in [6.45, 7) is 11.0.